The molecule has 1 aliphatic heterocycles. The number of rotatable bonds is 7. The van der Waals surface area contributed by atoms with Gasteiger partial charge in [-0.25, -0.2) is 23.4 Å². The molecule has 0 aliphatic carbocycles. The molecule has 1 heterocycles. The average molecular weight is 337 g/mol. The van der Waals surface area contributed by atoms with Crippen LogP contribution in [0.2, 0.25) is 0 Å². The summed E-state index contributed by atoms with van der Waals surface area (Å²) in [6.45, 7) is 2.04. The van der Waals surface area contributed by atoms with E-state index in [4.69, 9.17) is 4.74 Å². The highest BCUT2D eigenvalue weighted by Crippen LogP contribution is 2.30. The molecule has 1 rings (SSSR count). The minimum absolute atomic E-state index is 0.149. The van der Waals surface area contributed by atoms with E-state index in [1.807, 2.05) is 0 Å². The zero-order valence-corrected chi connectivity index (χ0v) is 13.3. The van der Waals surface area contributed by atoms with E-state index < -0.39 is 52.1 Å². The van der Waals surface area contributed by atoms with Crippen LogP contribution in [-0.4, -0.2) is 66.9 Å². The van der Waals surface area contributed by atoms with Crippen molar-refractivity contribution >= 4 is 28.7 Å². The summed E-state index contributed by atoms with van der Waals surface area (Å²) >= 11 is 0. The van der Waals surface area contributed by atoms with Crippen LogP contribution in [0.1, 0.15) is 20.3 Å². The fourth-order valence-electron chi connectivity index (χ4n) is 2.25. The normalized spacial score (nSPS) is 21.7. The standard InChI is InChI=1S/C11H19N3O7S/c1-6-4-7(15)14(6)8(9(16)17)11(2,22(19)20)5-21-10(18)13-12-3/h6,8,12,22H,4-5H2,1-3H3,(H,13,18)(H,16,17)/t6-,8+,11+/m1/s1. The Morgan fingerprint density at radius 3 is 2.50 bits per heavy atom. The maximum atomic E-state index is 11.6. The molecule has 126 valence electrons. The van der Waals surface area contributed by atoms with Gasteiger partial charge in [-0.05, 0) is 13.8 Å². The van der Waals surface area contributed by atoms with Crippen LogP contribution in [0.3, 0.4) is 0 Å². The van der Waals surface area contributed by atoms with Gasteiger partial charge < -0.3 is 14.7 Å². The van der Waals surface area contributed by atoms with Gasteiger partial charge in [-0.2, -0.15) is 0 Å². The zero-order chi connectivity index (χ0) is 17.1. The third-order valence-electron chi connectivity index (χ3n) is 3.47. The first-order valence-corrected chi connectivity index (χ1v) is 7.61. The van der Waals surface area contributed by atoms with Gasteiger partial charge >= 0.3 is 12.1 Å². The summed E-state index contributed by atoms with van der Waals surface area (Å²) in [5.74, 6) is -1.93. The Morgan fingerprint density at radius 2 is 2.14 bits per heavy atom. The number of carboxylic acid groups (broad SMARTS) is 1. The highest BCUT2D eigenvalue weighted by Gasteiger charge is 2.53. The Hall–Kier alpha value is -1.88. The summed E-state index contributed by atoms with van der Waals surface area (Å²) in [6.07, 6.45) is -0.811. The van der Waals surface area contributed by atoms with E-state index >= 15 is 0 Å². The molecule has 1 aliphatic rings. The van der Waals surface area contributed by atoms with Gasteiger partial charge in [-0.3, -0.25) is 10.2 Å². The number of amides is 2. The van der Waals surface area contributed by atoms with Crippen LogP contribution in [-0.2, 0) is 25.0 Å². The van der Waals surface area contributed by atoms with E-state index in [0.29, 0.717) is 0 Å². The van der Waals surface area contributed by atoms with Crippen LogP contribution in [0, 0.1) is 0 Å². The lowest BCUT2D eigenvalue weighted by Crippen LogP contribution is -2.67. The van der Waals surface area contributed by atoms with Gasteiger partial charge in [0.1, 0.15) is 11.4 Å². The number of carbonyl (C=O) groups excluding carboxylic acids is 2. The molecule has 0 aromatic carbocycles. The number of nitrogens with one attached hydrogen (secondary N) is 2. The second-order valence-electron chi connectivity index (χ2n) is 5.16. The number of carbonyl (C=O) groups is 3. The first kappa shape index (κ1) is 18.2. The quantitative estimate of drug-likeness (QED) is 0.244. The van der Waals surface area contributed by atoms with Crippen molar-refractivity contribution in [3.05, 3.63) is 0 Å². The van der Waals surface area contributed by atoms with Crippen molar-refractivity contribution < 1.29 is 32.6 Å². The van der Waals surface area contributed by atoms with Gasteiger partial charge in [-0.15, -0.1) is 0 Å². The molecule has 0 aromatic heterocycles. The van der Waals surface area contributed by atoms with Crippen molar-refractivity contribution in [2.75, 3.05) is 13.7 Å². The molecular formula is C11H19N3O7S. The van der Waals surface area contributed by atoms with Crippen LogP contribution >= 0.6 is 0 Å². The number of thiol groups is 1. The fraction of sp³-hybridized carbons (Fsp3) is 0.727. The summed E-state index contributed by atoms with van der Waals surface area (Å²) < 4.78 is 26.0. The van der Waals surface area contributed by atoms with Crippen molar-refractivity contribution in [1.82, 2.24) is 15.8 Å². The Balaban J connectivity index is 3.05. The monoisotopic (exact) mass is 337 g/mol. The minimum Gasteiger partial charge on any atom is -0.480 e. The highest BCUT2D eigenvalue weighted by molar-refractivity contribution is 7.74. The molecule has 1 fully saturated rings. The number of carboxylic acids is 1. The second kappa shape index (κ2) is 6.92. The Kier molecular flexibility index (Phi) is 5.72. The van der Waals surface area contributed by atoms with E-state index in [0.717, 1.165) is 11.8 Å². The van der Waals surface area contributed by atoms with Crippen molar-refractivity contribution in [3.63, 3.8) is 0 Å². The summed E-state index contributed by atoms with van der Waals surface area (Å²) in [7, 11) is -1.90. The Morgan fingerprint density at radius 1 is 1.55 bits per heavy atom. The maximum absolute atomic E-state index is 11.6. The number of ether oxygens (including phenoxy) is 1. The van der Waals surface area contributed by atoms with Crippen molar-refractivity contribution in [3.8, 4) is 0 Å². The van der Waals surface area contributed by atoms with Gasteiger partial charge in [-0.1, -0.05) is 0 Å². The van der Waals surface area contributed by atoms with Crippen LogP contribution < -0.4 is 10.9 Å². The van der Waals surface area contributed by atoms with Crippen molar-refractivity contribution in [2.24, 2.45) is 0 Å². The van der Waals surface area contributed by atoms with E-state index in [2.05, 4.69) is 10.9 Å². The number of aliphatic carboxylic acids is 1. The van der Waals surface area contributed by atoms with Gasteiger partial charge in [0.05, 0.1) is 0 Å². The van der Waals surface area contributed by atoms with Crippen LogP contribution in [0.4, 0.5) is 4.79 Å². The predicted octanol–water partition coefficient (Wildman–Crippen LogP) is -1.71. The smallest absolute Gasteiger partial charge is 0.421 e. The first-order chi connectivity index (χ1) is 10.1. The molecule has 11 heteroatoms. The van der Waals surface area contributed by atoms with Gasteiger partial charge in [0, 0.05) is 19.5 Å². The van der Waals surface area contributed by atoms with Crippen LogP contribution in [0.5, 0.6) is 0 Å². The minimum atomic E-state index is -3.30. The second-order valence-corrected chi connectivity index (χ2v) is 6.70. The molecule has 22 heavy (non-hydrogen) atoms. The number of likely N-dealkylation sites (tertiary alicyclic amines) is 1. The molecular weight excluding hydrogens is 318 g/mol. The van der Waals surface area contributed by atoms with Crippen molar-refractivity contribution in [1.29, 1.82) is 0 Å². The van der Waals surface area contributed by atoms with E-state index in [1.165, 1.54) is 7.05 Å². The number of hydrazine groups is 1. The van der Waals surface area contributed by atoms with Gasteiger partial charge in [0.2, 0.25) is 5.91 Å². The SMILES string of the molecule is CNNC(=O)OC[C@@](C)([C@H](C(=O)O)N1C(=O)C[C@H]1C)[SH](=O)=O. The third-order valence-corrected chi connectivity index (χ3v) is 4.68. The fourth-order valence-corrected chi connectivity index (χ4v) is 2.86. The summed E-state index contributed by atoms with van der Waals surface area (Å²) in [6, 6.07) is -2.03. The molecule has 3 N–H and O–H groups in total. The van der Waals surface area contributed by atoms with E-state index in [1.54, 1.807) is 6.92 Å². The molecule has 1 saturated heterocycles. The topological polar surface area (TPSA) is 142 Å². The molecule has 3 atom stereocenters. The molecule has 0 bridgehead atoms. The zero-order valence-electron chi connectivity index (χ0n) is 12.4. The molecule has 0 saturated carbocycles. The first-order valence-electron chi connectivity index (χ1n) is 6.43. The molecule has 0 unspecified atom stereocenters. The molecule has 10 nitrogen and oxygen atoms in total. The maximum Gasteiger partial charge on any atom is 0.421 e. The number of hydrogen-bond donors (Lipinski definition) is 4. The Labute approximate surface area is 128 Å². The number of nitrogens with zero attached hydrogens (tertiary/aromatic N) is 1. The number of hydrogen-bond acceptors (Lipinski definition) is 7. The summed E-state index contributed by atoms with van der Waals surface area (Å²) in [4.78, 5) is 35.4. The summed E-state index contributed by atoms with van der Waals surface area (Å²) in [5.41, 5.74) is 4.35. The van der Waals surface area contributed by atoms with Crippen LogP contribution in [0.25, 0.3) is 0 Å². The Bertz CT molecular complexity index is 542. The molecule has 2 amide bonds. The van der Waals surface area contributed by atoms with E-state index in [9.17, 15) is 27.9 Å². The average Bonchev–Trinajstić information content (AvgIpc) is 2.42. The lowest BCUT2D eigenvalue weighted by molar-refractivity contribution is -0.163. The largest absolute Gasteiger partial charge is 0.480 e. The van der Waals surface area contributed by atoms with Crippen molar-refractivity contribution in [2.45, 2.75) is 37.1 Å². The van der Waals surface area contributed by atoms with Gasteiger partial charge in [0.15, 0.2) is 16.7 Å². The molecule has 0 spiro atoms. The lowest BCUT2D eigenvalue weighted by Gasteiger charge is -2.46. The van der Waals surface area contributed by atoms with Crippen LogP contribution in [0.15, 0.2) is 0 Å². The third kappa shape index (κ3) is 3.47. The highest BCUT2D eigenvalue weighted by atomic mass is 32.2. The summed E-state index contributed by atoms with van der Waals surface area (Å²) in [5, 5.41) is 9.37. The molecule has 0 aromatic rings. The number of β-lactam (4-membered cyclic amide) rings is 1. The lowest BCUT2D eigenvalue weighted by atomic mass is 9.92. The van der Waals surface area contributed by atoms with E-state index in [-0.39, 0.29) is 6.42 Å². The molecule has 0 radical (unpaired) electrons. The van der Waals surface area contributed by atoms with Gasteiger partial charge in [0.25, 0.3) is 0 Å². The predicted molar refractivity (Wildman–Crippen MR) is 74.6 cm³/mol.